The van der Waals surface area contributed by atoms with Crippen LogP contribution in [0.1, 0.15) is 56.1 Å². The van der Waals surface area contributed by atoms with Crippen LogP contribution in [-0.2, 0) is 33.3 Å². The summed E-state index contributed by atoms with van der Waals surface area (Å²) in [7, 11) is 1.53. The van der Waals surface area contributed by atoms with Crippen molar-refractivity contribution in [1.82, 2.24) is 25.5 Å². The molecule has 1 saturated carbocycles. The Balaban J connectivity index is 0.800. The first-order valence-electron chi connectivity index (χ1n) is 18.2. The highest BCUT2D eigenvalue weighted by Crippen LogP contribution is 2.35. The summed E-state index contributed by atoms with van der Waals surface area (Å²) in [6.07, 6.45) is 3.45. The largest absolute Gasteiger partial charge is 0.490 e. The highest BCUT2D eigenvalue weighted by molar-refractivity contribution is 7.17. The molecule has 3 N–H and O–H groups in total. The summed E-state index contributed by atoms with van der Waals surface area (Å²) in [4.78, 5) is 84.5. The molecule has 1 aromatic carbocycles. The molecule has 0 bridgehead atoms. The molecule has 1 unspecified atom stereocenters. The van der Waals surface area contributed by atoms with Gasteiger partial charge in [0.25, 0.3) is 17.7 Å². The molecule has 1 saturated heterocycles. The Kier molecular flexibility index (Phi) is 14.0. The van der Waals surface area contributed by atoms with E-state index >= 15 is 0 Å². The average Bonchev–Trinajstić information content (AvgIpc) is 3.92. The van der Waals surface area contributed by atoms with Crippen LogP contribution in [0, 0.1) is 5.92 Å². The van der Waals surface area contributed by atoms with E-state index in [0.29, 0.717) is 60.9 Å². The Morgan fingerprint density at radius 1 is 0.857 bits per heavy atom. The van der Waals surface area contributed by atoms with Gasteiger partial charge in [0, 0.05) is 31.1 Å². The molecule has 2 aliphatic heterocycles. The third-order valence-corrected chi connectivity index (χ3v) is 9.82. The van der Waals surface area contributed by atoms with Crippen LogP contribution >= 0.6 is 11.3 Å². The van der Waals surface area contributed by atoms with E-state index in [-0.39, 0.29) is 79.8 Å². The number of imide groups is 2. The molecule has 19 heteroatoms. The number of amides is 6. The lowest BCUT2D eigenvalue weighted by molar-refractivity contribution is -0.136. The van der Waals surface area contributed by atoms with E-state index in [2.05, 4.69) is 25.9 Å². The third-order valence-electron chi connectivity index (χ3n) is 8.73. The maximum absolute atomic E-state index is 13.1. The molecule has 4 heterocycles. The van der Waals surface area contributed by atoms with Crippen LogP contribution < -0.4 is 25.4 Å². The second kappa shape index (κ2) is 19.5. The fraction of sp³-hybridized carbons (Fsp3) is 0.459. The number of fused-ring (bicyclic) bond motifs is 1. The van der Waals surface area contributed by atoms with Crippen LogP contribution in [0.3, 0.4) is 0 Å². The summed E-state index contributed by atoms with van der Waals surface area (Å²) in [5.41, 5.74) is 0.920. The van der Waals surface area contributed by atoms with E-state index in [0.717, 1.165) is 17.7 Å². The fourth-order valence-electron chi connectivity index (χ4n) is 5.76. The van der Waals surface area contributed by atoms with Gasteiger partial charge in [-0.25, -0.2) is 9.97 Å². The summed E-state index contributed by atoms with van der Waals surface area (Å²) in [6, 6.07) is 7.08. The minimum absolute atomic E-state index is 0.0379. The number of hydrogen-bond acceptors (Lipinski definition) is 15. The van der Waals surface area contributed by atoms with Crippen molar-refractivity contribution in [2.45, 2.75) is 31.7 Å². The summed E-state index contributed by atoms with van der Waals surface area (Å²) < 4.78 is 33.7. The molecule has 6 amide bonds. The van der Waals surface area contributed by atoms with Crippen molar-refractivity contribution in [3.8, 4) is 22.2 Å². The van der Waals surface area contributed by atoms with Crippen LogP contribution in [0.2, 0.25) is 0 Å². The molecule has 1 atom stereocenters. The number of piperidine rings is 1. The number of rotatable bonds is 22. The SMILES string of the molecule is CNC(=O)c1sc(-c2ccnc(NC(=O)C3CC3)c2)nc1OCCOCCOCCOCCOCCOc1cccc2c1C(=O)N(C1CCC(=O)NC1=O)C2=O. The zero-order valence-electron chi connectivity index (χ0n) is 30.7. The standard InChI is InChI=1S/C37H42N6O12S/c1-38-33(47)30-34(42-35(56-30)23-9-10-39-27(21-23)40-31(45)22-5-6-22)55-20-18-53-16-14-51-12-11-50-13-15-52-17-19-54-26-4-2-3-24-29(26)37(49)43(36(24)48)25-7-8-28(44)41-32(25)46/h2-4,9-10,21-22,25H,5-8,11-20H2,1H3,(H,38,47)(H,39,40,45)(H,41,44,46). The van der Waals surface area contributed by atoms with Crippen LogP contribution in [0.5, 0.6) is 11.6 Å². The molecular formula is C37H42N6O12S. The second-order valence-corrected chi connectivity index (χ2v) is 13.7. The van der Waals surface area contributed by atoms with E-state index in [4.69, 9.17) is 28.4 Å². The molecule has 3 aliphatic rings. The predicted octanol–water partition coefficient (Wildman–Crippen LogP) is 1.84. The van der Waals surface area contributed by atoms with Gasteiger partial charge < -0.3 is 39.1 Å². The maximum Gasteiger partial charge on any atom is 0.266 e. The Labute approximate surface area is 325 Å². The van der Waals surface area contributed by atoms with Crippen molar-refractivity contribution in [1.29, 1.82) is 0 Å². The molecule has 2 aromatic heterocycles. The monoisotopic (exact) mass is 794 g/mol. The van der Waals surface area contributed by atoms with E-state index < -0.39 is 29.7 Å². The Morgan fingerprint density at radius 3 is 2.16 bits per heavy atom. The summed E-state index contributed by atoms with van der Waals surface area (Å²) >= 11 is 1.17. The molecule has 2 fully saturated rings. The van der Waals surface area contributed by atoms with Crippen LogP contribution in [0.4, 0.5) is 5.82 Å². The molecule has 56 heavy (non-hydrogen) atoms. The van der Waals surface area contributed by atoms with Crippen molar-refractivity contribution < 1.29 is 57.2 Å². The van der Waals surface area contributed by atoms with Gasteiger partial charge in [0.1, 0.15) is 35.8 Å². The predicted molar refractivity (Wildman–Crippen MR) is 197 cm³/mol. The van der Waals surface area contributed by atoms with Gasteiger partial charge in [-0.2, -0.15) is 0 Å². The minimum atomic E-state index is -1.05. The van der Waals surface area contributed by atoms with Gasteiger partial charge in [0.15, 0.2) is 4.88 Å². The van der Waals surface area contributed by atoms with Gasteiger partial charge in [0.2, 0.25) is 23.6 Å². The van der Waals surface area contributed by atoms with Crippen molar-refractivity contribution >= 4 is 52.6 Å². The molecule has 18 nitrogen and oxygen atoms in total. The number of carbonyl (C=O) groups excluding carboxylic acids is 6. The Bertz CT molecular complexity index is 1930. The second-order valence-electron chi connectivity index (χ2n) is 12.7. The number of nitrogens with one attached hydrogen (secondary N) is 3. The number of aromatic nitrogens is 2. The van der Waals surface area contributed by atoms with Crippen LogP contribution in [-0.4, -0.2) is 129 Å². The highest BCUT2D eigenvalue weighted by Gasteiger charge is 2.46. The van der Waals surface area contributed by atoms with Gasteiger partial charge in [-0.15, -0.1) is 11.3 Å². The zero-order valence-corrected chi connectivity index (χ0v) is 31.5. The number of anilines is 1. The smallest absolute Gasteiger partial charge is 0.266 e. The quantitative estimate of drug-likeness (QED) is 0.0976. The number of carbonyl (C=O) groups is 6. The topological polar surface area (TPSA) is 223 Å². The third kappa shape index (κ3) is 10.3. The number of thiazole rings is 1. The fourth-order valence-corrected chi connectivity index (χ4v) is 6.72. The number of benzene rings is 1. The molecule has 6 rings (SSSR count). The first-order valence-corrected chi connectivity index (χ1v) is 19.0. The molecule has 298 valence electrons. The molecule has 3 aromatic rings. The number of nitrogens with zero attached hydrogens (tertiary/aromatic N) is 3. The van der Waals surface area contributed by atoms with E-state index in [9.17, 15) is 28.8 Å². The lowest BCUT2D eigenvalue weighted by Gasteiger charge is -2.27. The first kappa shape index (κ1) is 40.3. The number of pyridine rings is 1. The van der Waals surface area contributed by atoms with Crippen molar-refractivity contribution in [3.63, 3.8) is 0 Å². The van der Waals surface area contributed by atoms with Gasteiger partial charge in [0.05, 0.1) is 64.0 Å². The minimum Gasteiger partial charge on any atom is -0.490 e. The first-order chi connectivity index (χ1) is 27.2. The number of ether oxygens (including phenoxy) is 6. The van der Waals surface area contributed by atoms with Crippen molar-refractivity contribution in [2.24, 2.45) is 5.92 Å². The molecule has 0 spiro atoms. The van der Waals surface area contributed by atoms with Crippen LogP contribution in [0.25, 0.3) is 10.6 Å². The summed E-state index contributed by atoms with van der Waals surface area (Å²) in [5.74, 6) is -1.87. The Hall–Kier alpha value is -5.34. The van der Waals surface area contributed by atoms with Gasteiger partial charge >= 0.3 is 0 Å². The van der Waals surface area contributed by atoms with Crippen LogP contribution in [0.15, 0.2) is 36.5 Å². The van der Waals surface area contributed by atoms with Gasteiger partial charge in [-0.1, -0.05) is 6.07 Å². The summed E-state index contributed by atoms with van der Waals surface area (Å²) in [6.45, 7) is 2.69. The zero-order chi connectivity index (χ0) is 39.4. The lowest BCUT2D eigenvalue weighted by atomic mass is 10.0. The van der Waals surface area contributed by atoms with E-state index in [1.807, 2.05) is 0 Å². The van der Waals surface area contributed by atoms with Gasteiger partial charge in [-0.3, -0.25) is 39.0 Å². The normalized spacial score (nSPS) is 16.4. The summed E-state index contributed by atoms with van der Waals surface area (Å²) in [5, 5.41) is 8.15. The number of hydrogen-bond donors (Lipinski definition) is 3. The van der Waals surface area contributed by atoms with Crippen molar-refractivity contribution in [3.05, 3.63) is 52.5 Å². The van der Waals surface area contributed by atoms with E-state index in [1.54, 1.807) is 30.5 Å². The highest BCUT2D eigenvalue weighted by atomic mass is 32.1. The molecular weight excluding hydrogens is 753 g/mol. The van der Waals surface area contributed by atoms with Gasteiger partial charge in [-0.05, 0) is 43.5 Å². The maximum atomic E-state index is 13.1. The van der Waals surface area contributed by atoms with Crippen molar-refractivity contribution in [2.75, 3.05) is 78.4 Å². The molecule has 0 radical (unpaired) electrons. The Morgan fingerprint density at radius 2 is 1.52 bits per heavy atom. The average molecular weight is 795 g/mol. The van der Waals surface area contributed by atoms with E-state index in [1.165, 1.54) is 24.5 Å². The molecule has 1 aliphatic carbocycles. The lowest BCUT2D eigenvalue weighted by Crippen LogP contribution is -2.54.